The van der Waals surface area contributed by atoms with Crippen LogP contribution in [0, 0.1) is 6.92 Å². The summed E-state index contributed by atoms with van der Waals surface area (Å²) in [6, 6.07) is 5.77. The zero-order valence-electron chi connectivity index (χ0n) is 13.3. The maximum absolute atomic E-state index is 12.0. The SMILES string of the molecule is COc1ccc(C)cc1-n1nnnc1S[C@@H](C)C(=O)N(C)C. The highest BCUT2D eigenvalue weighted by atomic mass is 32.2. The van der Waals surface area contributed by atoms with Gasteiger partial charge in [0.05, 0.1) is 12.4 Å². The van der Waals surface area contributed by atoms with Crippen LogP contribution in [-0.2, 0) is 4.79 Å². The lowest BCUT2D eigenvalue weighted by Gasteiger charge is -2.16. The number of hydrogen-bond acceptors (Lipinski definition) is 6. The van der Waals surface area contributed by atoms with Gasteiger partial charge in [0.2, 0.25) is 11.1 Å². The van der Waals surface area contributed by atoms with Crippen LogP contribution in [0.4, 0.5) is 0 Å². The molecule has 0 radical (unpaired) electrons. The smallest absolute Gasteiger partial charge is 0.235 e. The van der Waals surface area contributed by atoms with Crippen molar-refractivity contribution in [2.45, 2.75) is 24.3 Å². The van der Waals surface area contributed by atoms with Gasteiger partial charge >= 0.3 is 0 Å². The quantitative estimate of drug-likeness (QED) is 0.778. The molecule has 0 aliphatic carbocycles. The Morgan fingerprint density at radius 1 is 1.41 bits per heavy atom. The first-order chi connectivity index (χ1) is 10.4. The molecule has 1 amide bonds. The van der Waals surface area contributed by atoms with Crippen LogP contribution in [0.1, 0.15) is 12.5 Å². The van der Waals surface area contributed by atoms with Crippen molar-refractivity contribution in [3.63, 3.8) is 0 Å². The summed E-state index contributed by atoms with van der Waals surface area (Å²) in [5.74, 6) is 0.682. The highest BCUT2D eigenvalue weighted by Gasteiger charge is 2.21. The Balaban J connectivity index is 2.34. The summed E-state index contributed by atoms with van der Waals surface area (Å²) in [6.45, 7) is 3.82. The number of thioether (sulfide) groups is 1. The number of methoxy groups -OCH3 is 1. The van der Waals surface area contributed by atoms with Crippen LogP contribution in [0.2, 0.25) is 0 Å². The number of nitrogens with zero attached hydrogens (tertiary/aromatic N) is 5. The molecule has 1 atom stereocenters. The summed E-state index contributed by atoms with van der Waals surface area (Å²) in [6.07, 6.45) is 0. The van der Waals surface area contributed by atoms with E-state index < -0.39 is 0 Å². The molecule has 1 aromatic heterocycles. The van der Waals surface area contributed by atoms with Crippen molar-refractivity contribution in [3.8, 4) is 11.4 Å². The summed E-state index contributed by atoms with van der Waals surface area (Å²) in [7, 11) is 5.06. The van der Waals surface area contributed by atoms with Gasteiger partial charge in [0.25, 0.3) is 0 Å². The number of rotatable bonds is 5. The van der Waals surface area contributed by atoms with Gasteiger partial charge in [-0.15, -0.1) is 5.10 Å². The van der Waals surface area contributed by atoms with E-state index in [4.69, 9.17) is 4.74 Å². The monoisotopic (exact) mass is 321 g/mol. The van der Waals surface area contributed by atoms with E-state index in [1.165, 1.54) is 11.8 Å². The largest absolute Gasteiger partial charge is 0.494 e. The van der Waals surface area contributed by atoms with E-state index in [1.54, 1.807) is 30.8 Å². The van der Waals surface area contributed by atoms with E-state index in [-0.39, 0.29) is 11.2 Å². The maximum atomic E-state index is 12.0. The Morgan fingerprint density at radius 3 is 2.77 bits per heavy atom. The van der Waals surface area contributed by atoms with Crippen LogP contribution in [0.3, 0.4) is 0 Å². The number of tetrazole rings is 1. The first-order valence-corrected chi connectivity index (χ1v) is 7.63. The molecule has 0 unspecified atom stereocenters. The predicted octanol–water partition coefficient (Wildman–Crippen LogP) is 1.55. The number of amides is 1. The molecule has 0 saturated carbocycles. The summed E-state index contributed by atoms with van der Waals surface area (Å²) in [4.78, 5) is 13.6. The Bertz CT molecular complexity index is 671. The fourth-order valence-electron chi connectivity index (χ4n) is 1.94. The van der Waals surface area contributed by atoms with Gasteiger partial charge in [-0.05, 0) is 42.0 Å². The van der Waals surface area contributed by atoms with Crippen LogP contribution in [-0.4, -0.2) is 57.5 Å². The van der Waals surface area contributed by atoms with Crippen LogP contribution in [0.15, 0.2) is 23.4 Å². The van der Waals surface area contributed by atoms with E-state index in [0.717, 1.165) is 11.3 Å². The lowest BCUT2D eigenvalue weighted by atomic mass is 10.2. The molecule has 8 heteroatoms. The number of carbonyl (C=O) groups is 1. The fraction of sp³-hybridized carbons (Fsp3) is 0.429. The average molecular weight is 321 g/mol. The molecule has 1 aromatic carbocycles. The Labute approximate surface area is 133 Å². The van der Waals surface area contributed by atoms with Crippen LogP contribution >= 0.6 is 11.8 Å². The van der Waals surface area contributed by atoms with Gasteiger partial charge in [-0.2, -0.15) is 4.68 Å². The second kappa shape index (κ2) is 6.78. The molecule has 22 heavy (non-hydrogen) atoms. The predicted molar refractivity (Wildman–Crippen MR) is 84.5 cm³/mol. The summed E-state index contributed by atoms with van der Waals surface area (Å²) in [5, 5.41) is 12.0. The molecule has 118 valence electrons. The molecule has 0 N–H and O–H groups in total. The van der Waals surface area contributed by atoms with Crippen molar-refractivity contribution in [2.75, 3.05) is 21.2 Å². The lowest BCUT2D eigenvalue weighted by molar-refractivity contribution is -0.127. The molecule has 2 rings (SSSR count). The van der Waals surface area contributed by atoms with Crippen LogP contribution in [0.5, 0.6) is 5.75 Å². The van der Waals surface area contributed by atoms with Crippen molar-refractivity contribution in [3.05, 3.63) is 23.8 Å². The summed E-state index contributed by atoms with van der Waals surface area (Å²) in [5.41, 5.74) is 1.82. The van der Waals surface area contributed by atoms with Crippen molar-refractivity contribution in [1.29, 1.82) is 0 Å². The van der Waals surface area contributed by atoms with E-state index in [2.05, 4.69) is 15.5 Å². The number of carbonyl (C=O) groups excluding carboxylic acids is 1. The first-order valence-electron chi connectivity index (χ1n) is 6.75. The van der Waals surface area contributed by atoms with Gasteiger partial charge in [0.15, 0.2) is 0 Å². The van der Waals surface area contributed by atoms with Crippen molar-refractivity contribution in [1.82, 2.24) is 25.1 Å². The standard InChI is InChI=1S/C14H19N5O2S/c1-9-6-7-12(21-5)11(8-9)19-14(15-16-17-19)22-10(2)13(20)18(3)4/h6-8,10H,1-5H3/t10-/m0/s1. The lowest BCUT2D eigenvalue weighted by Crippen LogP contribution is -2.29. The molecule has 0 fully saturated rings. The third-order valence-electron chi connectivity index (χ3n) is 3.07. The zero-order valence-corrected chi connectivity index (χ0v) is 14.1. The van der Waals surface area contributed by atoms with Gasteiger partial charge in [-0.1, -0.05) is 17.8 Å². The maximum Gasteiger partial charge on any atom is 0.235 e. The Morgan fingerprint density at radius 2 is 2.14 bits per heavy atom. The summed E-state index contributed by atoms with van der Waals surface area (Å²) < 4.78 is 6.96. The van der Waals surface area contributed by atoms with Gasteiger partial charge in [-0.25, -0.2) is 0 Å². The topological polar surface area (TPSA) is 73.1 Å². The third-order valence-corrected chi connectivity index (χ3v) is 4.09. The number of hydrogen-bond donors (Lipinski definition) is 0. The number of benzene rings is 1. The second-order valence-corrected chi connectivity index (χ2v) is 6.35. The van der Waals surface area contributed by atoms with Crippen LogP contribution < -0.4 is 4.74 Å². The molecular formula is C14H19N5O2S. The highest BCUT2D eigenvalue weighted by molar-refractivity contribution is 8.00. The second-order valence-electron chi connectivity index (χ2n) is 5.04. The van der Waals surface area contributed by atoms with Gasteiger partial charge in [0, 0.05) is 14.1 Å². The summed E-state index contributed by atoms with van der Waals surface area (Å²) >= 11 is 1.31. The van der Waals surface area contributed by atoms with Crippen molar-refractivity contribution < 1.29 is 9.53 Å². The molecule has 1 heterocycles. The number of ether oxygens (including phenoxy) is 1. The van der Waals surface area contributed by atoms with E-state index in [9.17, 15) is 4.79 Å². The van der Waals surface area contributed by atoms with Crippen molar-refractivity contribution >= 4 is 17.7 Å². The van der Waals surface area contributed by atoms with E-state index in [0.29, 0.717) is 10.9 Å². The fourth-order valence-corrected chi connectivity index (χ4v) is 2.89. The van der Waals surface area contributed by atoms with Crippen LogP contribution in [0.25, 0.3) is 5.69 Å². The molecule has 0 saturated heterocycles. The third kappa shape index (κ3) is 3.38. The average Bonchev–Trinajstić information content (AvgIpc) is 2.94. The Kier molecular flexibility index (Phi) is 5.02. The molecule has 7 nitrogen and oxygen atoms in total. The molecular weight excluding hydrogens is 302 g/mol. The molecule has 2 aromatic rings. The van der Waals surface area contributed by atoms with Crippen molar-refractivity contribution in [2.24, 2.45) is 0 Å². The molecule has 0 aliphatic rings. The minimum Gasteiger partial charge on any atom is -0.494 e. The molecule has 0 aliphatic heterocycles. The Hall–Kier alpha value is -2.09. The van der Waals surface area contributed by atoms with Gasteiger partial charge in [0.1, 0.15) is 11.4 Å². The normalized spacial score (nSPS) is 12.0. The minimum atomic E-state index is -0.282. The zero-order chi connectivity index (χ0) is 16.3. The first kappa shape index (κ1) is 16.3. The number of aryl methyl sites for hydroxylation is 1. The van der Waals surface area contributed by atoms with E-state index >= 15 is 0 Å². The minimum absolute atomic E-state index is 0.00996. The van der Waals surface area contributed by atoms with Gasteiger partial charge in [-0.3, -0.25) is 4.79 Å². The highest BCUT2D eigenvalue weighted by Crippen LogP contribution is 2.28. The molecule has 0 spiro atoms. The number of aromatic nitrogens is 4. The van der Waals surface area contributed by atoms with Gasteiger partial charge < -0.3 is 9.64 Å². The van der Waals surface area contributed by atoms with E-state index in [1.807, 2.05) is 32.0 Å². The molecule has 0 bridgehead atoms.